The Bertz CT molecular complexity index is 1720. The van der Waals surface area contributed by atoms with Crippen molar-refractivity contribution in [1.29, 1.82) is 0 Å². The molecule has 2 heterocycles. The third-order valence-corrected chi connectivity index (χ3v) is 7.40. The highest BCUT2D eigenvalue weighted by Gasteiger charge is 2.36. The Morgan fingerprint density at radius 1 is 1.20 bits per heavy atom. The number of nitrogens with zero attached hydrogens (tertiary/aromatic N) is 4. The number of aldehydes is 1. The number of aliphatic carboxylic acids is 1. The van der Waals surface area contributed by atoms with E-state index in [2.05, 4.69) is 37.8 Å². The Morgan fingerprint density at radius 2 is 1.96 bits per heavy atom. The van der Waals surface area contributed by atoms with Crippen LogP contribution >= 0.6 is 0 Å². The smallest absolute Gasteiger partial charge is 0.419 e. The van der Waals surface area contributed by atoms with Crippen LogP contribution in [-0.2, 0) is 32.3 Å². The van der Waals surface area contributed by atoms with Crippen LogP contribution in [0.2, 0.25) is 0 Å². The Balaban J connectivity index is 1.73. The second-order valence-electron chi connectivity index (χ2n) is 9.38. The predicted molar refractivity (Wildman–Crippen MR) is 150 cm³/mol. The highest BCUT2D eigenvalue weighted by Crippen LogP contribution is 2.32. The number of carbonyl (C=O) groups is 3. The molecule has 0 aliphatic carbocycles. The molecule has 0 fully saturated rings. The number of anilines is 1. The summed E-state index contributed by atoms with van der Waals surface area (Å²) >= 11 is 0. The summed E-state index contributed by atoms with van der Waals surface area (Å²) in [5.41, 5.74) is -1.12. The molecule has 0 unspecified atom stereocenters. The zero-order chi connectivity index (χ0) is 33.2. The zero-order valence-electron chi connectivity index (χ0n) is 23.6. The van der Waals surface area contributed by atoms with E-state index in [1.165, 1.54) is 4.68 Å². The fourth-order valence-corrected chi connectivity index (χ4v) is 4.92. The van der Waals surface area contributed by atoms with Crippen LogP contribution in [0.5, 0.6) is 0 Å². The maximum absolute atomic E-state index is 13.6. The van der Waals surface area contributed by atoms with Crippen molar-refractivity contribution in [2.45, 2.75) is 49.8 Å². The van der Waals surface area contributed by atoms with E-state index in [-0.39, 0.29) is 42.9 Å². The highest BCUT2D eigenvalue weighted by molar-refractivity contribution is 7.89. The van der Waals surface area contributed by atoms with Crippen LogP contribution in [0.1, 0.15) is 46.6 Å². The van der Waals surface area contributed by atoms with Crippen molar-refractivity contribution in [3.05, 3.63) is 64.9 Å². The van der Waals surface area contributed by atoms with E-state index in [4.69, 9.17) is 0 Å². The molecule has 0 saturated carbocycles. The average Bonchev–Trinajstić information content (AvgIpc) is 3.37. The van der Waals surface area contributed by atoms with Gasteiger partial charge in [0.15, 0.2) is 5.69 Å². The van der Waals surface area contributed by atoms with Gasteiger partial charge in [0.25, 0.3) is 5.91 Å². The van der Waals surface area contributed by atoms with E-state index in [0.717, 1.165) is 5.56 Å². The number of sulfonamides is 1. The number of carboxylic acids is 1. The van der Waals surface area contributed by atoms with Gasteiger partial charge in [0.05, 0.1) is 10.5 Å². The molecule has 0 saturated heterocycles. The number of hydrogen-bond acceptors (Lipinski definition) is 9. The quantitative estimate of drug-likeness (QED) is 0.0870. The molecule has 3 aromatic rings. The van der Waals surface area contributed by atoms with Gasteiger partial charge in [-0.1, -0.05) is 11.1 Å². The molecule has 13 nitrogen and oxygen atoms in total. The van der Waals surface area contributed by atoms with Crippen LogP contribution in [-0.4, -0.2) is 70.8 Å². The lowest BCUT2D eigenvalue weighted by molar-refractivity contribution is -0.140. The Morgan fingerprint density at radius 3 is 2.62 bits per heavy atom. The van der Waals surface area contributed by atoms with Crippen molar-refractivity contribution < 1.29 is 45.5 Å². The third kappa shape index (κ3) is 9.81. The number of benzene rings is 1. The summed E-state index contributed by atoms with van der Waals surface area (Å²) in [7, 11) is -4.92. The largest absolute Gasteiger partial charge is 0.480 e. The average molecular weight is 654 g/mol. The van der Waals surface area contributed by atoms with Crippen LogP contribution in [0.25, 0.3) is 0 Å². The molecule has 1 amide bonds. The Hall–Kier alpha value is -4.89. The topological polar surface area (TPSA) is 185 Å². The van der Waals surface area contributed by atoms with Crippen molar-refractivity contribution in [2.75, 3.05) is 18.4 Å². The van der Waals surface area contributed by atoms with Gasteiger partial charge in [0.1, 0.15) is 29.7 Å². The van der Waals surface area contributed by atoms with Gasteiger partial charge in [-0.25, -0.2) is 22.5 Å². The number of hydrogen-bond donors (Lipinski definition) is 4. The Kier molecular flexibility index (Phi) is 11.7. The summed E-state index contributed by atoms with van der Waals surface area (Å²) in [5.74, 6) is 1.63. The minimum atomic E-state index is -5.21. The monoisotopic (exact) mass is 653 g/mol. The van der Waals surface area contributed by atoms with Crippen molar-refractivity contribution in [2.24, 2.45) is 0 Å². The van der Waals surface area contributed by atoms with Gasteiger partial charge < -0.3 is 20.5 Å². The molecule has 0 spiro atoms. The lowest BCUT2D eigenvalue weighted by Gasteiger charge is -2.16. The van der Waals surface area contributed by atoms with Crippen molar-refractivity contribution in [3.63, 3.8) is 0 Å². The molecule has 0 aliphatic heterocycles. The fourth-order valence-electron chi connectivity index (χ4n) is 3.70. The van der Waals surface area contributed by atoms with E-state index < -0.39 is 56.9 Å². The van der Waals surface area contributed by atoms with E-state index in [0.29, 0.717) is 31.1 Å². The third-order valence-electron chi connectivity index (χ3n) is 5.93. The lowest BCUT2D eigenvalue weighted by Crippen LogP contribution is -2.48. The van der Waals surface area contributed by atoms with Crippen molar-refractivity contribution >= 4 is 34.0 Å². The molecule has 4 N–H and O–H groups in total. The molecule has 1 aromatic carbocycles. The number of nitrogens with one attached hydrogen (secondary N) is 3. The SMILES string of the molecule is Cc1ccnc(NCCCn2nnc(C(=O)NC[C@H](NS(=O)(=O)c3ccc(F)c(C(F)(F)F)c3)C(=O)O)c2C#CCCC=O)c1. The molecule has 18 heteroatoms. The van der Waals surface area contributed by atoms with Gasteiger partial charge in [-0.3, -0.25) is 9.59 Å². The second-order valence-corrected chi connectivity index (χ2v) is 11.1. The minimum absolute atomic E-state index is 0.0238. The number of aryl methyl sites for hydroxylation is 2. The maximum atomic E-state index is 13.6. The van der Waals surface area contributed by atoms with Crippen LogP contribution in [0, 0.1) is 24.6 Å². The van der Waals surface area contributed by atoms with Crippen LogP contribution < -0.4 is 15.4 Å². The number of amides is 1. The predicted octanol–water partition coefficient (Wildman–Crippen LogP) is 2.13. The normalized spacial score (nSPS) is 12.1. The van der Waals surface area contributed by atoms with E-state index in [9.17, 15) is 45.5 Å². The molecule has 240 valence electrons. The van der Waals surface area contributed by atoms with Crippen LogP contribution in [0.3, 0.4) is 0 Å². The Labute approximate surface area is 254 Å². The standard InChI is InChI=1S/C27H27F4N7O6S/c1-17-9-11-33-23(14-17)32-10-5-12-38-22(6-3-2-4-13-39)24(35-37-38)25(40)34-16-21(26(41)42)36-45(43,44)18-7-8-20(28)19(15-18)27(29,30)31/h7-9,11,13-15,21,36H,2,4-5,10,12,16H2,1H3,(H,32,33)(H,34,40)(H,41,42)/t21-/m0/s1. The first kappa shape index (κ1) is 34.6. The molecule has 0 bridgehead atoms. The second kappa shape index (κ2) is 15.2. The van der Waals surface area contributed by atoms with Crippen LogP contribution in [0.15, 0.2) is 41.4 Å². The summed E-state index contributed by atoms with van der Waals surface area (Å²) in [4.78, 5) is 38.5. The first-order chi connectivity index (χ1) is 21.2. The van der Waals surface area contributed by atoms with Gasteiger partial charge in [-0.2, -0.15) is 17.9 Å². The van der Waals surface area contributed by atoms with Crippen LogP contribution in [0.4, 0.5) is 23.4 Å². The van der Waals surface area contributed by atoms with Gasteiger partial charge in [0, 0.05) is 38.7 Å². The molecule has 0 aliphatic rings. The highest BCUT2D eigenvalue weighted by atomic mass is 32.2. The molecule has 0 radical (unpaired) electrons. The van der Waals surface area contributed by atoms with Gasteiger partial charge in [-0.05, 0) is 55.2 Å². The molecule has 3 rings (SSSR count). The van der Waals surface area contributed by atoms with Crippen molar-refractivity contribution in [1.82, 2.24) is 30.0 Å². The number of unbranched alkanes of at least 4 members (excludes halogenated alkanes) is 1. The summed E-state index contributed by atoms with van der Waals surface area (Å²) < 4.78 is 81.1. The molecular formula is C27H27F4N7O6S. The van der Waals surface area contributed by atoms with Gasteiger partial charge >= 0.3 is 12.1 Å². The van der Waals surface area contributed by atoms with Gasteiger partial charge in [0.2, 0.25) is 10.0 Å². The summed E-state index contributed by atoms with van der Waals surface area (Å²) in [6.07, 6.45) is -2.12. The summed E-state index contributed by atoms with van der Waals surface area (Å²) in [6, 6.07) is 2.49. The molecule has 45 heavy (non-hydrogen) atoms. The first-order valence-electron chi connectivity index (χ1n) is 13.2. The number of carbonyl (C=O) groups excluding carboxylic acids is 2. The van der Waals surface area contributed by atoms with Gasteiger partial charge in [-0.15, -0.1) is 5.10 Å². The number of rotatable bonds is 14. The number of pyridine rings is 1. The number of aromatic nitrogens is 4. The first-order valence-corrected chi connectivity index (χ1v) is 14.6. The number of alkyl halides is 3. The lowest BCUT2D eigenvalue weighted by atomic mass is 10.2. The van der Waals surface area contributed by atoms with E-state index >= 15 is 0 Å². The zero-order valence-corrected chi connectivity index (χ0v) is 24.4. The number of carboxylic acid groups (broad SMARTS) is 1. The molecular weight excluding hydrogens is 626 g/mol. The molecule has 1 atom stereocenters. The molecule has 2 aromatic heterocycles. The number of halogens is 4. The van der Waals surface area contributed by atoms with Crippen molar-refractivity contribution in [3.8, 4) is 11.8 Å². The minimum Gasteiger partial charge on any atom is -0.480 e. The summed E-state index contributed by atoms with van der Waals surface area (Å²) in [6.45, 7) is 1.76. The summed E-state index contributed by atoms with van der Waals surface area (Å²) in [5, 5.41) is 22.6. The fraction of sp³-hybridized carbons (Fsp3) is 0.333. The maximum Gasteiger partial charge on any atom is 0.419 e. The van der Waals surface area contributed by atoms with E-state index in [1.54, 1.807) is 10.9 Å². The van der Waals surface area contributed by atoms with E-state index in [1.807, 2.05) is 19.1 Å².